The first-order chi connectivity index (χ1) is 18.8. The second kappa shape index (κ2) is 11.2. The van der Waals surface area contributed by atoms with Crippen LogP contribution < -0.4 is 26.0 Å². The molecule has 3 atom stereocenters. The molecule has 0 aliphatic carbocycles. The van der Waals surface area contributed by atoms with E-state index in [0.29, 0.717) is 11.4 Å². The second-order valence-electron chi connectivity index (χ2n) is 11.4. The fourth-order valence-electron chi connectivity index (χ4n) is 5.44. The molecule has 3 unspecified atom stereocenters. The summed E-state index contributed by atoms with van der Waals surface area (Å²) < 4.78 is 11.1. The molecule has 11 heteroatoms. The fraction of sp³-hybridized carbons (Fsp3) is 0.448. The topological polar surface area (TPSA) is 160 Å². The van der Waals surface area contributed by atoms with Crippen LogP contribution >= 0.6 is 0 Å². The van der Waals surface area contributed by atoms with Gasteiger partial charge in [0.25, 0.3) is 5.91 Å². The molecule has 2 aliphatic rings. The van der Waals surface area contributed by atoms with Crippen molar-refractivity contribution >= 4 is 29.5 Å². The Kier molecular flexibility index (Phi) is 8.06. The smallest absolute Gasteiger partial charge is 0.405 e. The average Bonchev–Trinajstić information content (AvgIpc) is 2.90. The number of nitrogens with one attached hydrogen (secondary N) is 2. The molecule has 0 radical (unpaired) electrons. The van der Waals surface area contributed by atoms with Gasteiger partial charge in [-0.1, -0.05) is 51.1 Å². The molecule has 2 heterocycles. The Bertz CT molecular complexity index is 1300. The van der Waals surface area contributed by atoms with Crippen LogP contribution in [0.15, 0.2) is 42.5 Å². The predicted octanol–water partition coefficient (Wildman–Crippen LogP) is 2.31. The largest absolute Gasteiger partial charge is 0.482 e. The third kappa shape index (κ3) is 5.89. The second-order valence-corrected chi connectivity index (χ2v) is 11.4. The highest BCUT2D eigenvalue weighted by Gasteiger charge is 2.53. The van der Waals surface area contributed by atoms with Crippen molar-refractivity contribution < 1.29 is 33.8 Å². The molecule has 1 fully saturated rings. The van der Waals surface area contributed by atoms with E-state index in [0.717, 1.165) is 16.7 Å². The Labute approximate surface area is 233 Å². The van der Waals surface area contributed by atoms with Gasteiger partial charge < -0.3 is 35.8 Å². The van der Waals surface area contributed by atoms with E-state index in [1.54, 1.807) is 11.9 Å². The SMILES string of the molecule is CN1C(=O)COc2ccc(-c3ccc(CC(NC(=O)C4(NC(=O)O)CCOCC4C(C)(C)C)C(N)=O)cc3)cc21. The summed E-state index contributed by atoms with van der Waals surface area (Å²) in [5.41, 5.74) is 6.92. The zero-order chi connectivity index (χ0) is 29.2. The van der Waals surface area contributed by atoms with Gasteiger partial charge in [0.15, 0.2) is 6.61 Å². The number of hydrogen-bond acceptors (Lipinski definition) is 6. The monoisotopic (exact) mass is 552 g/mol. The molecule has 2 aliphatic heterocycles. The predicted molar refractivity (Wildman–Crippen MR) is 148 cm³/mol. The lowest BCUT2D eigenvalue weighted by Gasteiger charge is -2.48. The molecule has 0 aromatic heterocycles. The van der Waals surface area contributed by atoms with Crippen molar-refractivity contribution in [1.29, 1.82) is 0 Å². The minimum atomic E-state index is -1.48. The van der Waals surface area contributed by atoms with Gasteiger partial charge in [-0.05, 0) is 34.2 Å². The van der Waals surface area contributed by atoms with Crippen LogP contribution in [-0.4, -0.2) is 67.4 Å². The van der Waals surface area contributed by atoms with Crippen LogP contribution in [0.3, 0.4) is 0 Å². The summed E-state index contributed by atoms with van der Waals surface area (Å²) in [5.74, 6) is -1.31. The lowest BCUT2D eigenvalue weighted by atomic mass is 9.66. The number of benzene rings is 2. The van der Waals surface area contributed by atoms with Gasteiger partial charge in [-0.15, -0.1) is 0 Å². The number of anilines is 1. The molecular weight excluding hydrogens is 516 g/mol. The van der Waals surface area contributed by atoms with Gasteiger partial charge in [0.2, 0.25) is 11.8 Å². The zero-order valence-corrected chi connectivity index (χ0v) is 23.2. The van der Waals surface area contributed by atoms with Crippen molar-refractivity contribution in [2.75, 3.05) is 31.8 Å². The van der Waals surface area contributed by atoms with Gasteiger partial charge in [-0.3, -0.25) is 14.4 Å². The minimum Gasteiger partial charge on any atom is -0.482 e. The van der Waals surface area contributed by atoms with Crippen molar-refractivity contribution in [2.24, 2.45) is 17.1 Å². The Morgan fingerprint density at radius 3 is 2.45 bits per heavy atom. The number of nitrogens with two attached hydrogens (primary N) is 1. The van der Waals surface area contributed by atoms with Crippen molar-refractivity contribution in [3.8, 4) is 16.9 Å². The molecule has 5 N–H and O–H groups in total. The van der Waals surface area contributed by atoms with E-state index < -0.39 is 40.8 Å². The summed E-state index contributed by atoms with van der Waals surface area (Å²) in [7, 11) is 1.70. The molecule has 11 nitrogen and oxygen atoms in total. The van der Waals surface area contributed by atoms with Crippen molar-refractivity contribution in [1.82, 2.24) is 10.6 Å². The number of nitrogens with zero attached hydrogens (tertiary/aromatic N) is 1. The number of likely N-dealkylation sites (N-methyl/N-ethyl adjacent to an activating group) is 1. The van der Waals surface area contributed by atoms with Gasteiger partial charge in [-0.25, -0.2) is 4.79 Å². The standard InChI is InChI=1S/C29H36N4O7/c1-28(2,3)23-15-39-12-11-29(23,32-27(37)38)26(36)31-20(25(30)35)13-17-5-7-18(8-6-17)19-9-10-22-21(14-19)33(4)24(34)16-40-22/h5-10,14,20,23,32H,11-13,15-16H2,1-4H3,(H2,30,35)(H,31,36)(H,37,38). The van der Waals surface area contributed by atoms with Crippen molar-refractivity contribution in [3.05, 3.63) is 48.0 Å². The van der Waals surface area contributed by atoms with Gasteiger partial charge >= 0.3 is 6.09 Å². The first kappa shape index (κ1) is 28.9. The summed E-state index contributed by atoms with van der Waals surface area (Å²) in [4.78, 5) is 51.4. The number of carbonyl (C=O) groups is 4. The maximum absolute atomic E-state index is 13.7. The van der Waals surface area contributed by atoms with Crippen LogP contribution in [0.25, 0.3) is 11.1 Å². The lowest BCUT2D eigenvalue weighted by molar-refractivity contribution is -0.143. The quantitative estimate of drug-likeness (QED) is 0.410. The van der Waals surface area contributed by atoms with Crippen molar-refractivity contribution in [2.45, 2.75) is 45.2 Å². The number of amides is 4. The van der Waals surface area contributed by atoms with E-state index in [9.17, 15) is 24.3 Å². The van der Waals surface area contributed by atoms with Gasteiger partial charge in [0.1, 0.15) is 17.3 Å². The Morgan fingerprint density at radius 2 is 1.82 bits per heavy atom. The lowest BCUT2D eigenvalue weighted by Crippen LogP contribution is -2.69. The Morgan fingerprint density at radius 1 is 1.15 bits per heavy atom. The van der Waals surface area contributed by atoms with Gasteiger partial charge in [0.05, 0.1) is 12.3 Å². The number of fused-ring (bicyclic) bond motifs is 1. The molecule has 1 saturated heterocycles. The Hall–Kier alpha value is -4.12. The van der Waals surface area contributed by atoms with Gasteiger partial charge in [0, 0.05) is 32.4 Å². The van der Waals surface area contributed by atoms with E-state index >= 15 is 0 Å². The van der Waals surface area contributed by atoms with E-state index in [1.807, 2.05) is 63.2 Å². The maximum atomic E-state index is 13.7. The van der Waals surface area contributed by atoms with E-state index in [4.69, 9.17) is 15.2 Å². The molecule has 0 spiro atoms. The number of carboxylic acid groups (broad SMARTS) is 1. The number of ether oxygens (including phenoxy) is 2. The number of hydrogen-bond donors (Lipinski definition) is 4. The highest BCUT2D eigenvalue weighted by atomic mass is 16.5. The number of rotatable bonds is 7. The zero-order valence-electron chi connectivity index (χ0n) is 23.2. The Balaban J connectivity index is 1.53. The molecule has 4 amide bonds. The molecule has 214 valence electrons. The highest BCUT2D eigenvalue weighted by molar-refractivity contribution is 5.98. The van der Waals surface area contributed by atoms with E-state index in [2.05, 4.69) is 10.6 Å². The molecule has 4 rings (SSSR count). The molecule has 0 saturated carbocycles. The van der Waals surface area contributed by atoms with Crippen LogP contribution in [0, 0.1) is 11.3 Å². The van der Waals surface area contributed by atoms with E-state index in [-0.39, 0.29) is 38.6 Å². The summed E-state index contributed by atoms with van der Waals surface area (Å²) in [6, 6.07) is 12.0. The molecular formula is C29H36N4O7. The summed E-state index contributed by atoms with van der Waals surface area (Å²) in [6.45, 7) is 6.14. The normalized spacial score (nSPS) is 21.6. The van der Waals surface area contributed by atoms with Crippen LogP contribution in [0.1, 0.15) is 32.8 Å². The van der Waals surface area contributed by atoms with Crippen LogP contribution in [0.2, 0.25) is 0 Å². The molecule has 0 bridgehead atoms. The van der Waals surface area contributed by atoms with Crippen LogP contribution in [-0.2, 0) is 25.5 Å². The minimum absolute atomic E-state index is 0.00718. The van der Waals surface area contributed by atoms with Crippen LogP contribution in [0.4, 0.5) is 10.5 Å². The molecule has 2 aromatic rings. The van der Waals surface area contributed by atoms with E-state index in [1.165, 1.54) is 0 Å². The third-order valence-electron chi connectivity index (χ3n) is 7.72. The first-order valence-corrected chi connectivity index (χ1v) is 13.1. The number of carbonyl (C=O) groups excluding carboxylic acids is 3. The summed E-state index contributed by atoms with van der Waals surface area (Å²) in [6.07, 6.45) is -1.09. The average molecular weight is 553 g/mol. The highest BCUT2D eigenvalue weighted by Crippen LogP contribution is 2.40. The van der Waals surface area contributed by atoms with Crippen molar-refractivity contribution in [3.63, 3.8) is 0 Å². The molecule has 2 aromatic carbocycles. The number of primary amides is 1. The molecule has 40 heavy (non-hydrogen) atoms. The first-order valence-electron chi connectivity index (χ1n) is 13.1. The van der Waals surface area contributed by atoms with Crippen LogP contribution in [0.5, 0.6) is 5.75 Å². The third-order valence-corrected chi connectivity index (χ3v) is 7.72. The van der Waals surface area contributed by atoms with Gasteiger partial charge in [-0.2, -0.15) is 0 Å². The maximum Gasteiger partial charge on any atom is 0.405 e. The fourth-order valence-corrected chi connectivity index (χ4v) is 5.44. The summed E-state index contributed by atoms with van der Waals surface area (Å²) in [5, 5.41) is 14.8. The summed E-state index contributed by atoms with van der Waals surface area (Å²) >= 11 is 0.